The van der Waals surface area contributed by atoms with Gasteiger partial charge in [0.05, 0.1) is 11.6 Å². The number of hydrogen-bond donors (Lipinski definition) is 2. The summed E-state index contributed by atoms with van der Waals surface area (Å²) in [6.07, 6.45) is 0. The van der Waals surface area contributed by atoms with Gasteiger partial charge in [0.2, 0.25) is 5.91 Å². The fraction of sp³-hybridized carbons (Fsp3) is 0.250. The van der Waals surface area contributed by atoms with E-state index in [0.29, 0.717) is 5.56 Å². The van der Waals surface area contributed by atoms with E-state index in [2.05, 4.69) is 5.32 Å². The highest BCUT2D eigenvalue weighted by atomic mass is 16.5. The Labute approximate surface area is 152 Å². The van der Waals surface area contributed by atoms with E-state index < -0.39 is 17.8 Å². The van der Waals surface area contributed by atoms with Crippen LogP contribution in [0.1, 0.15) is 50.4 Å². The maximum Gasteiger partial charge on any atom is 0.338 e. The second-order valence-electron chi connectivity index (χ2n) is 6.15. The third-order valence-corrected chi connectivity index (χ3v) is 4.15. The molecule has 0 spiro atoms. The van der Waals surface area contributed by atoms with E-state index >= 15 is 0 Å². The summed E-state index contributed by atoms with van der Waals surface area (Å²) in [5.41, 5.74) is 8.99. The van der Waals surface area contributed by atoms with Crippen molar-refractivity contribution in [3.05, 3.63) is 70.3 Å². The van der Waals surface area contributed by atoms with Gasteiger partial charge < -0.3 is 15.8 Å². The van der Waals surface area contributed by atoms with Crippen molar-refractivity contribution in [3.63, 3.8) is 0 Å². The van der Waals surface area contributed by atoms with Gasteiger partial charge in [-0.15, -0.1) is 0 Å². The maximum absolute atomic E-state index is 12.0. The molecule has 0 saturated carbocycles. The van der Waals surface area contributed by atoms with Crippen LogP contribution >= 0.6 is 0 Å². The zero-order valence-electron chi connectivity index (χ0n) is 15.0. The minimum atomic E-state index is -0.644. The Morgan fingerprint density at radius 1 is 1.00 bits per heavy atom. The van der Waals surface area contributed by atoms with Gasteiger partial charge in [0.15, 0.2) is 6.61 Å². The molecule has 0 fully saturated rings. The Kier molecular flexibility index (Phi) is 6.11. The Balaban J connectivity index is 1.88. The van der Waals surface area contributed by atoms with Crippen LogP contribution in [0.2, 0.25) is 0 Å². The molecule has 6 nitrogen and oxygen atoms in total. The minimum absolute atomic E-state index is 0.199. The molecule has 26 heavy (non-hydrogen) atoms. The van der Waals surface area contributed by atoms with E-state index in [4.69, 9.17) is 10.5 Å². The number of carbonyl (C=O) groups excluding carboxylic acids is 3. The third kappa shape index (κ3) is 4.92. The number of carbonyl (C=O) groups is 3. The maximum atomic E-state index is 12.0. The number of aryl methyl sites for hydroxylation is 2. The van der Waals surface area contributed by atoms with Gasteiger partial charge in [0.1, 0.15) is 0 Å². The number of primary amides is 1. The molecule has 0 saturated heterocycles. The smallest absolute Gasteiger partial charge is 0.338 e. The van der Waals surface area contributed by atoms with Crippen molar-refractivity contribution in [1.29, 1.82) is 0 Å². The molecule has 0 aromatic heterocycles. The van der Waals surface area contributed by atoms with Crippen LogP contribution in [-0.4, -0.2) is 24.4 Å². The van der Waals surface area contributed by atoms with Crippen LogP contribution in [0.25, 0.3) is 0 Å². The first-order valence-corrected chi connectivity index (χ1v) is 8.21. The Morgan fingerprint density at radius 2 is 1.62 bits per heavy atom. The molecule has 6 heteroatoms. The molecule has 0 heterocycles. The van der Waals surface area contributed by atoms with Gasteiger partial charge in [0.25, 0.3) is 5.91 Å². The van der Waals surface area contributed by atoms with Gasteiger partial charge in [-0.05, 0) is 61.7 Å². The van der Waals surface area contributed by atoms with E-state index in [-0.39, 0.29) is 18.2 Å². The van der Waals surface area contributed by atoms with Crippen molar-refractivity contribution < 1.29 is 19.1 Å². The van der Waals surface area contributed by atoms with Gasteiger partial charge in [-0.25, -0.2) is 4.79 Å². The van der Waals surface area contributed by atoms with E-state index in [1.54, 1.807) is 0 Å². The number of rotatable bonds is 6. The lowest BCUT2D eigenvalue weighted by atomic mass is 10.0. The quantitative estimate of drug-likeness (QED) is 0.778. The molecule has 2 rings (SSSR count). The summed E-state index contributed by atoms with van der Waals surface area (Å²) in [4.78, 5) is 35.0. The van der Waals surface area contributed by atoms with Gasteiger partial charge in [-0.1, -0.05) is 18.2 Å². The number of benzene rings is 2. The summed E-state index contributed by atoms with van der Waals surface area (Å²) >= 11 is 0. The predicted molar refractivity (Wildman–Crippen MR) is 97.7 cm³/mol. The number of nitrogens with two attached hydrogens (primary N) is 1. The number of amides is 2. The highest BCUT2D eigenvalue weighted by molar-refractivity contribution is 5.95. The van der Waals surface area contributed by atoms with Crippen LogP contribution in [0.3, 0.4) is 0 Å². The second-order valence-corrected chi connectivity index (χ2v) is 6.15. The van der Waals surface area contributed by atoms with E-state index in [9.17, 15) is 14.4 Å². The third-order valence-electron chi connectivity index (χ3n) is 4.15. The molecule has 136 valence electrons. The van der Waals surface area contributed by atoms with Gasteiger partial charge >= 0.3 is 5.97 Å². The highest BCUT2D eigenvalue weighted by Gasteiger charge is 2.14. The summed E-state index contributed by atoms with van der Waals surface area (Å²) < 4.78 is 5.00. The molecule has 1 atom stereocenters. The van der Waals surface area contributed by atoms with Crippen molar-refractivity contribution in [1.82, 2.24) is 5.32 Å². The molecule has 2 amide bonds. The van der Waals surface area contributed by atoms with Crippen molar-refractivity contribution in [3.8, 4) is 0 Å². The fourth-order valence-electron chi connectivity index (χ4n) is 2.39. The molecule has 2 aromatic rings. The van der Waals surface area contributed by atoms with Crippen LogP contribution in [-0.2, 0) is 9.53 Å². The monoisotopic (exact) mass is 354 g/mol. The SMILES string of the molecule is Cc1ccc(C(C)NC(=O)COC(=O)c2ccc(C(N)=O)cc2)cc1C. The lowest BCUT2D eigenvalue weighted by Crippen LogP contribution is -2.31. The molecule has 3 N–H and O–H groups in total. The van der Waals surface area contributed by atoms with Crippen molar-refractivity contribution in [2.24, 2.45) is 5.73 Å². The van der Waals surface area contributed by atoms with E-state index in [1.165, 1.54) is 29.8 Å². The van der Waals surface area contributed by atoms with Crippen LogP contribution in [0.5, 0.6) is 0 Å². The van der Waals surface area contributed by atoms with Crippen molar-refractivity contribution in [2.75, 3.05) is 6.61 Å². The first-order valence-electron chi connectivity index (χ1n) is 8.21. The second kappa shape index (κ2) is 8.29. The summed E-state index contributed by atoms with van der Waals surface area (Å²) in [5, 5.41) is 2.80. The average Bonchev–Trinajstić information content (AvgIpc) is 2.62. The fourth-order valence-corrected chi connectivity index (χ4v) is 2.39. The van der Waals surface area contributed by atoms with E-state index in [1.807, 2.05) is 39.0 Å². The number of esters is 1. The Morgan fingerprint density at radius 3 is 2.19 bits per heavy atom. The molecule has 0 radical (unpaired) electrons. The molecular weight excluding hydrogens is 332 g/mol. The van der Waals surface area contributed by atoms with Crippen LogP contribution in [0.4, 0.5) is 0 Å². The average molecular weight is 354 g/mol. The summed E-state index contributed by atoms with van der Waals surface area (Å²) in [6.45, 7) is 5.52. The molecule has 0 aliphatic heterocycles. The minimum Gasteiger partial charge on any atom is -0.452 e. The zero-order valence-corrected chi connectivity index (χ0v) is 15.0. The molecule has 0 aliphatic rings. The first-order chi connectivity index (χ1) is 12.3. The van der Waals surface area contributed by atoms with E-state index in [0.717, 1.165) is 11.1 Å². The van der Waals surface area contributed by atoms with Gasteiger partial charge in [-0.3, -0.25) is 9.59 Å². The highest BCUT2D eigenvalue weighted by Crippen LogP contribution is 2.16. The van der Waals surface area contributed by atoms with Crippen LogP contribution < -0.4 is 11.1 Å². The normalized spacial score (nSPS) is 11.5. The van der Waals surface area contributed by atoms with Crippen LogP contribution in [0.15, 0.2) is 42.5 Å². The lowest BCUT2D eigenvalue weighted by molar-refractivity contribution is -0.124. The predicted octanol–water partition coefficient (Wildman–Crippen LogP) is 2.44. The van der Waals surface area contributed by atoms with Gasteiger partial charge in [0, 0.05) is 5.56 Å². The largest absolute Gasteiger partial charge is 0.452 e. The molecule has 2 aromatic carbocycles. The number of ether oxygens (including phenoxy) is 1. The summed E-state index contributed by atoms with van der Waals surface area (Å²) in [6, 6.07) is 11.5. The summed E-state index contributed by atoms with van der Waals surface area (Å²) in [5.74, 6) is -1.61. The standard InChI is InChI=1S/C20H22N2O4/c1-12-4-5-17(10-13(12)2)14(3)22-18(23)11-26-20(25)16-8-6-15(7-9-16)19(21)24/h4-10,14H,11H2,1-3H3,(H2,21,24)(H,22,23). The Hall–Kier alpha value is -3.15. The molecular formula is C20H22N2O4. The van der Waals surface area contributed by atoms with Crippen LogP contribution in [0, 0.1) is 13.8 Å². The zero-order chi connectivity index (χ0) is 19.3. The van der Waals surface area contributed by atoms with Gasteiger partial charge in [-0.2, -0.15) is 0 Å². The number of hydrogen-bond acceptors (Lipinski definition) is 4. The Bertz CT molecular complexity index is 828. The number of nitrogens with one attached hydrogen (secondary N) is 1. The molecule has 0 aliphatic carbocycles. The first kappa shape index (κ1) is 19.2. The lowest BCUT2D eigenvalue weighted by Gasteiger charge is -2.15. The van der Waals surface area contributed by atoms with Crippen molar-refractivity contribution in [2.45, 2.75) is 26.8 Å². The van der Waals surface area contributed by atoms with Crippen molar-refractivity contribution >= 4 is 17.8 Å². The molecule has 1 unspecified atom stereocenters. The molecule has 0 bridgehead atoms. The summed E-state index contributed by atoms with van der Waals surface area (Å²) in [7, 11) is 0. The topological polar surface area (TPSA) is 98.5 Å².